The van der Waals surface area contributed by atoms with Crippen molar-refractivity contribution in [2.45, 2.75) is 43.9 Å². The first-order valence-corrected chi connectivity index (χ1v) is 16.1. The molecule has 6 rings (SSSR count). The molecule has 248 valence electrons. The zero-order chi connectivity index (χ0) is 31.9. The van der Waals surface area contributed by atoms with E-state index in [1.54, 1.807) is 4.90 Å². The molecule has 12 heteroatoms. The van der Waals surface area contributed by atoms with Crippen LogP contribution in [-0.2, 0) is 28.5 Å². The van der Waals surface area contributed by atoms with Crippen LogP contribution in [0.2, 0.25) is 0 Å². The lowest BCUT2D eigenvalue weighted by molar-refractivity contribution is -0.172. The van der Waals surface area contributed by atoms with Gasteiger partial charge >= 0.3 is 0 Å². The Bertz CT molecular complexity index is 1380. The Labute approximate surface area is 269 Å². The molecule has 12 nitrogen and oxygen atoms in total. The van der Waals surface area contributed by atoms with Gasteiger partial charge in [-0.05, 0) is 62.1 Å². The number of nitrogens with zero attached hydrogens (tertiary/aromatic N) is 2. The molecule has 0 aromatic heterocycles. The molecular formula is C34H43N3O9. The topological polar surface area (TPSA) is 128 Å². The van der Waals surface area contributed by atoms with Gasteiger partial charge in [-0.25, -0.2) is 0 Å². The quantitative estimate of drug-likeness (QED) is 0.317. The smallest absolute Gasteiger partial charge is 0.288 e. The first kappa shape index (κ1) is 32.1. The second kappa shape index (κ2) is 14.7. The Hall–Kier alpha value is -3.84. The molecule has 0 aliphatic carbocycles. The SMILES string of the molecule is CCO[C@H]1OC(C(=O)N2CCC3(CC2)C(=O)NCN3c2ccccc2)=C[C@@H](c2ccc3c(c2)OCO3)[C@@H]1CCOCCOCCO. The minimum absolute atomic E-state index is 0.000820. The van der Waals surface area contributed by atoms with Crippen molar-refractivity contribution in [2.24, 2.45) is 5.92 Å². The highest BCUT2D eigenvalue weighted by molar-refractivity contribution is 5.95. The molecule has 2 amide bonds. The van der Waals surface area contributed by atoms with Gasteiger partial charge in [-0.2, -0.15) is 0 Å². The number of aliphatic hydroxyl groups excluding tert-OH is 1. The number of carbonyl (C=O) groups excluding carboxylic acids is 2. The van der Waals surface area contributed by atoms with E-state index in [1.165, 1.54) is 0 Å². The number of anilines is 1. The predicted molar refractivity (Wildman–Crippen MR) is 167 cm³/mol. The highest BCUT2D eigenvalue weighted by atomic mass is 16.7. The molecule has 2 saturated heterocycles. The molecule has 0 saturated carbocycles. The monoisotopic (exact) mass is 637 g/mol. The molecule has 2 aromatic rings. The summed E-state index contributed by atoms with van der Waals surface area (Å²) >= 11 is 0. The number of likely N-dealkylation sites (tertiary alicyclic amines) is 1. The fraction of sp³-hybridized carbons (Fsp3) is 0.529. The lowest BCUT2D eigenvalue weighted by Gasteiger charge is -2.44. The maximum atomic E-state index is 14.1. The third kappa shape index (κ3) is 6.66. The van der Waals surface area contributed by atoms with Crippen molar-refractivity contribution in [2.75, 3.05) is 71.1 Å². The number of hydrogen-bond acceptors (Lipinski definition) is 10. The molecule has 2 N–H and O–H groups in total. The molecule has 4 aliphatic rings. The maximum absolute atomic E-state index is 14.1. The van der Waals surface area contributed by atoms with Crippen molar-refractivity contribution in [1.82, 2.24) is 10.2 Å². The molecule has 0 bridgehead atoms. The van der Waals surface area contributed by atoms with Gasteiger partial charge in [-0.1, -0.05) is 24.3 Å². The van der Waals surface area contributed by atoms with Crippen molar-refractivity contribution in [1.29, 1.82) is 0 Å². The van der Waals surface area contributed by atoms with E-state index in [-0.39, 0.29) is 49.4 Å². The van der Waals surface area contributed by atoms with E-state index in [1.807, 2.05) is 61.5 Å². The number of aliphatic hydroxyl groups is 1. The van der Waals surface area contributed by atoms with Gasteiger partial charge in [0.15, 0.2) is 17.3 Å². The molecule has 1 spiro atoms. The molecule has 0 unspecified atom stereocenters. The van der Waals surface area contributed by atoms with Gasteiger partial charge in [0.25, 0.3) is 5.91 Å². The summed E-state index contributed by atoms with van der Waals surface area (Å²) in [6.45, 7) is 5.23. The molecule has 4 heterocycles. The molecule has 2 aromatic carbocycles. The summed E-state index contributed by atoms with van der Waals surface area (Å²) in [5, 5.41) is 11.9. The minimum atomic E-state index is -0.697. The van der Waals surface area contributed by atoms with Crippen LogP contribution >= 0.6 is 0 Å². The van der Waals surface area contributed by atoms with Gasteiger partial charge in [-0.15, -0.1) is 0 Å². The van der Waals surface area contributed by atoms with E-state index in [2.05, 4.69) is 10.2 Å². The lowest BCUT2D eigenvalue weighted by atomic mass is 9.81. The van der Waals surface area contributed by atoms with Crippen LogP contribution in [-0.4, -0.2) is 99.8 Å². The van der Waals surface area contributed by atoms with Crippen LogP contribution in [0.25, 0.3) is 0 Å². The van der Waals surface area contributed by atoms with Gasteiger partial charge in [0, 0.05) is 43.8 Å². The third-order valence-corrected chi connectivity index (χ3v) is 9.19. The van der Waals surface area contributed by atoms with E-state index < -0.39 is 11.8 Å². The largest absolute Gasteiger partial charge is 0.459 e. The number of hydrogen-bond donors (Lipinski definition) is 2. The summed E-state index contributed by atoms with van der Waals surface area (Å²) in [5.41, 5.74) is 1.24. The summed E-state index contributed by atoms with van der Waals surface area (Å²) in [5.74, 6) is 0.991. The summed E-state index contributed by atoms with van der Waals surface area (Å²) in [6, 6.07) is 15.8. The van der Waals surface area contributed by atoms with Crippen LogP contribution in [0.5, 0.6) is 11.5 Å². The normalized spacial score (nSPS) is 23.3. The third-order valence-electron chi connectivity index (χ3n) is 9.19. The van der Waals surface area contributed by atoms with Gasteiger partial charge in [-0.3, -0.25) is 9.59 Å². The summed E-state index contributed by atoms with van der Waals surface area (Å²) in [4.78, 5) is 31.1. The van der Waals surface area contributed by atoms with E-state index in [4.69, 9.17) is 33.5 Å². The van der Waals surface area contributed by atoms with Gasteiger partial charge in [0.05, 0.1) is 33.1 Å². The first-order valence-electron chi connectivity index (χ1n) is 16.1. The van der Waals surface area contributed by atoms with E-state index in [0.717, 1.165) is 11.3 Å². The van der Waals surface area contributed by atoms with Crippen molar-refractivity contribution in [3.63, 3.8) is 0 Å². The molecule has 4 aliphatic heterocycles. The van der Waals surface area contributed by atoms with Gasteiger partial charge < -0.3 is 48.6 Å². The van der Waals surface area contributed by atoms with Crippen LogP contribution in [0.1, 0.15) is 37.7 Å². The fourth-order valence-corrected chi connectivity index (χ4v) is 6.81. The molecule has 0 radical (unpaired) electrons. The van der Waals surface area contributed by atoms with E-state index in [9.17, 15) is 9.59 Å². The Balaban J connectivity index is 1.20. The van der Waals surface area contributed by atoms with Crippen molar-refractivity contribution in [3.8, 4) is 11.5 Å². The Morgan fingerprint density at radius 3 is 2.54 bits per heavy atom. The number of carbonyl (C=O) groups is 2. The van der Waals surface area contributed by atoms with Crippen LogP contribution in [0.15, 0.2) is 60.4 Å². The number of amides is 2. The average Bonchev–Trinajstić information content (AvgIpc) is 3.69. The van der Waals surface area contributed by atoms with E-state index in [0.29, 0.717) is 76.9 Å². The van der Waals surface area contributed by atoms with Crippen LogP contribution in [0.4, 0.5) is 5.69 Å². The minimum Gasteiger partial charge on any atom is -0.459 e. The Morgan fingerprint density at radius 2 is 1.78 bits per heavy atom. The van der Waals surface area contributed by atoms with Crippen LogP contribution in [0.3, 0.4) is 0 Å². The van der Waals surface area contributed by atoms with E-state index >= 15 is 0 Å². The van der Waals surface area contributed by atoms with Crippen molar-refractivity contribution >= 4 is 17.5 Å². The van der Waals surface area contributed by atoms with Crippen LogP contribution < -0.4 is 19.7 Å². The maximum Gasteiger partial charge on any atom is 0.288 e. The number of para-hydroxylation sites is 1. The van der Waals surface area contributed by atoms with Crippen molar-refractivity contribution < 1.29 is 43.1 Å². The van der Waals surface area contributed by atoms with Crippen LogP contribution in [0, 0.1) is 5.92 Å². The average molecular weight is 638 g/mol. The number of ether oxygens (including phenoxy) is 6. The zero-order valence-corrected chi connectivity index (χ0v) is 26.2. The van der Waals surface area contributed by atoms with Crippen molar-refractivity contribution in [3.05, 3.63) is 65.9 Å². The molecular weight excluding hydrogens is 594 g/mol. The highest BCUT2D eigenvalue weighted by Crippen LogP contribution is 2.43. The zero-order valence-electron chi connectivity index (χ0n) is 26.2. The van der Waals surface area contributed by atoms with Gasteiger partial charge in [0.1, 0.15) is 5.54 Å². The number of fused-ring (bicyclic) bond motifs is 1. The summed E-state index contributed by atoms with van der Waals surface area (Å²) in [7, 11) is 0. The Morgan fingerprint density at radius 1 is 1.02 bits per heavy atom. The molecule has 2 fully saturated rings. The summed E-state index contributed by atoms with van der Waals surface area (Å²) in [6.07, 6.45) is 2.85. The Kier molecular flexibility index (Phi) is 10.3. The number of benzene rings is 2. The lowest BCUT2D eigenvalue weighted by Crippen LogP contribution is -2.57. The standard InChI is InChI=1S/C34H43N3O9/c1-2-43-32-26(10-16-41-18-19-42-17-15-38)27(24-8-9-28-29(20-24)45-23-44-28)21-30(46-32)31(39)36-13-11-34(12-14-36)33(40)35-22-37(34)25-6-4-3-5-7-25/h3-9,20-21,26-27,32,38H,2,10-19,22-23H2,1H3,(H,35,40)/t26-,27-,32-/m0/s1. The summed E-state index contributed by atoms with van der Waals surface area (Å²) < 4.78 is 34.8. The number of nitrogens with one attached hydrogen (secondary N) is 1. The number of allylic oxidation sites excluding steroid dienone is 1. The second-order valence-corrected chi connectivity index (χ2v) is 11.8. The first-order chi connectivity index (χ1) is 22.5. The molecule has 46 heavy (non-hydrogen) atoms. The predicted octanol–water partition coefficient (Wildman–Crippen LogP) is 2.76. The number of rotatable bonds is 13. The second-order valence-electron chi connectivity index (χ2n) is 11.8. The highest BCUT2D eigenvalue weighted by Gasteiger charge is 2.51. The van der Waals surface area contributed by atoms with Gasteiger partial charge in [0.2, 0.25) is 19.0 Å². The number of piperidine rings is 1. The molecule has 3 atom stereocenters. The fourth-order valence-electron chi connectivity index (χ4n) is 6.81.